The second-order valence-corrected chi connectivity index (χ2v) is 4.92. The van der Waals surface area contributed by atoms with Gasteiger partial charge in [-0.1, -0.05) is 5.92 Å². The molecule has 1 aromatic heterocycles. The monoisotopic (exact) mass is 207 g/mol. The molecule has 1 amide bonds. The van der Waals surface area contributed by atoms with Crippen molar-refractivity contribution >= 4 is 17.2 Å². The second kappa shape index (κ2) is 3.85. The van der Waals surface area contributed by atoms with Crippen LogP contribution in [0.5, 0.6) is 0 Å². The zero-order valence-corrected chi connectivity index (χ0v) is 9.37. The number of hydrogen-bond acceptors (Lipinski definition) is 2. The Morgan fingerprint density at radius 2 is 2.21 bits per heavy atom. The largest absolute Gasteiger partial charge is 0.336 e. The van der Waals surface area contributed by atoms with Crippen molar-refractivity contribution in [3.8, 4) is 12.3 Å². The van der Waals surface area contributed by atoms with Gasteiger partial charge in [0.15, 0.2) is 0 Å². The standard InChI is InChI=1S/C11H13NOS/c1-5-11(3,4)12-10(13)9-7-6-8(2)14-9/h1,6-7H,2-4H3,(H,12,13). The van der Waals surface area contributed by atoms with E-state index in [0.29, 0.717) is 4.88 Å². The van der Waals surface area contributed by atoms with Gasteiger partial charge in [0.2, 0.25) is 0 Å². The molecule has 0 atom stereocenters. The van der Waals surface area contributed by atoms with Gasteiger partial charge in [-0.15, -0.1) is 17.8 Å². The lowest BCUT2D eigenvalue weighted by molar-refractivity contribution is 0.0934. The lowest BCUT2D eigenvalue weighted by Gasteiger charge is -2.18. The Labute approximate surface area is 88.3 Å². The van der Waals surface area contributed by atoms with Crippen LogP contribution in [0.4, 0.5) is 0 Å². The zero-order chi connectivity index (χ0) is 10.8. The van der Waals surface area contributed by atoms with Gasteiger partial charge in [0.1, 0.15) is 0 Å². The fourth-order valence-electron chi connectivity index (χ4n) is 0.938. The summed E-state index contributed by atoms with van der Waals surface area (Å²) in [6, 6.07) is 3.73. The number of carbonyl (C=O) groups excluding carboxylic acids is 1. The third-order valence-electron chi connectivity index (χ3n) is 1.75. The number of aryl methyl sites for hydroxylation is 1. The Morgan fingerprint density at radius 1 is 1.57 bits per heavy atom. The topological polar surface area (TPSA) is 29.1 Å². The molecule has 3 heteroatoms. The first kappa shape index (κ1) is 10.8. The molecule has 1 N–H and O–H groups in total. The number of rotatable bonds is 2. The van der Waals surface area contributed by atoms with Gasteiger partial charge in [-0.3, -0.25) is 4.79 Å². The Morgan fingerprint density at radius 3 is 2.64 bits per heavy atom. The third-order valence-corrected chi connectivity index (χ3v) is 2.75. The van der Waals surface area contributed by atoms with E-state index in [4.69, 9.17) is 6.42 Å². The maximum Gasteiger partial charge on any atom is 0.262 e. The van der Waals surface area contributed by atoms with Gasteiger partial charge in [0, 0.05) is 4.88 Å². The smallest absolute Gasteiger partial charge is 0.262 e. The van der Waals surface area contributed by atoms with Crippen molar-refractivity contribution in [2.45, 2.75) is 26.3 Å². The summed E-state index contributed by atoms with van der Waals surface area (Å²) in [5, 5.41) is 2.77. The van der Waals surface area contributed by atoms with Crippen LogP contribution in [-0.4, -0.2) is 11.4 Å². The first-order chi connectivity index (χ1) is 6.44. The van der Waals surface area contributed by atoms with Crippen LogP contribution in [0.3, 0.4) is 0 Å². The first-order valence-electron chi connectivity index (χ1n) is 4.31. The lowest BCUT2D eigenvalue weighted by atomic mass is 10.1. The highest BCUT2D eigenvalue weighted by Crippen LogP contribution is 2.15. The van der Waals surface area contributed by atoms with Crippen molar-refractivity contribution in [3.63, 3.8) is 0 Å². The number of nitrogens with one attached hydrogen (secondary N) is 1. The van der Waals surface area contributed by atoms with Crippen molar-refractivity contribution in [1.82, 2.24) is 5.32 Å². The van der Waals surface area contributed by atoms with Crippen LogP contribution in [0.2, 0.25) is 0 Å². The summed E-state index contributed by atoms with van der Waals surface area (Å²) in [5.41, 5.74) is -0.588. The number of thiophene rings is 1. The quantitative estimate of drug-likeness (QED) is 0.740. The van der Waals surface area contributed by atoms with Crippen LogP contribution >= 0.6 is 11.3 Å². The Balaban J connectivity index is 2.74. The SMILES string of the molecule is C#CC(C)(C)NC(=O)c1ccc(C)s1. The minimum absolute atomic E-state index is 0.106. The lowest BCUT2D eigenvalue weighted by Crippen LogP contribution is -2.41. The molecule has 1 heterocycles. The van der Waals surface area contributed by atoms with Crippen molar-refractivity contribution in [2.24, 2.45) is 0 Å². The molecule has 1 rings (SSSR count). The average molecular weight is 207 g/mol. The maximum absolute atomic E-state index is 11.6. The van der Waals surface area contributed by atoms with Gasteiger partial charge in [0.25, 0.3) is 5.91 Å². The summed E-state index contributed by atoms with van der Waals surface area (Å²) >= 11 is 1.47. The van der Waals surface area contributed by atoms with E-state index in [2.05, 4.69) is 11.2 Å². The van der Waals surface area contributed by atoms with E-state index < -0.39 is 5.54 Å². The molecule has 74 valence electrons. The van der Waals surface area contributed by atoms with E-state index in [-0.39, 0.29) is 5.91 Å². The molecule has 0 spiro atoms. The van der Waals surface area contributed by atoms with Crippen LogP contribution in [0, 0.1) is 19.3 Å². The van der Waals surface area contributed by atoms with Crippen molar-refractivity contribution < 1.29 is 4.79 Å². The van der Waals surface area contributed by atoms with Gasteiger partial charge in [0.05, 0.1) is 10.4 Å². The molecule has 0 radical (unpaired) electrons. The third kappa shape index (κ3) is 2.61. The number of amides is 1. The Kier molecular flexibility index (Phi) is 2.97. The van der Waals surface area contributed by atoms with Crippen molar-refractivity contribution in [3.05, 3.63) is 21.9 Å². The highest BCUT2D eigenvalue weighted by Gasteiger charge is 2.18. The van der Waals surface area contributed by atoms with Gasteiger partial charge >= 0.3 is 0 Å². The van der Waals surface area contributed by atoms with Gasteiger partial charge in [-0.05, 0) is 32.9 Å². The molecule has 0 fully saturated rings. The van der Waals surface area contributed by atoms with Crippen LogP contribution in [0.25, 0.3) is 0 Å². The summed E-state index contributed by atoms with van der Waals surface area (Å²) in [6.45, 7) is 5.56. The normalized spacial score (nSPS) is 10.7. The summed E-state index contributed by atoms with van der Waals surface area (Å²) in [7, 11) is 0. The van der Waals surface area contributed by atoms with E-state index in [1.807, 2.05) is 19.1 Å². The molecular formula is C11H13NOS. The highest BCUT2D eigenvalue weighted by atomic mass is 32.1. The van der Waals surface area contributed by atoms with Crippen LogP contribution in [0.15, 0.2) is 12.1 Å². The van der Waals surface area contributed by atoms with Crippen LogP contribution < -0.4 is 5.32 Å². The van der Waals surface area contributed by atoms with Gasteiger partial charge in [-0.25, -0.2) is 0 Å². The predicted molar refractivity (Wildman–Crippen MR) is 59.4 cm³/mol. The minimum atomic E-state index is -0.588. The van der Waals surface area contributed by atoms with E-state index in [9.17, 15) is 4.79 Å². The summed E-state index contributed by atoms with van der Waals surface area (Å²) in [4.78, 5) is 13.5. The first-order valence-corrected chi connectivity index (χ1v) is 5.13. The molecule has 0 bridgehead atoms. The fourth-order valence-corrected chi connectivity index (χ4v) is 1.70. The molecule has 0 aliphatic rings. The second-order valence-electron chi connectivity index (χ2n) is 3.63. The van der Waals surface area contributed by atoms with E-state index >= 15 is 0 Å². The minimum Gasteiger partial charge on any atom is -0.336 e. The zero-order valence-electron chi connectivity index (χ0n) is 8.55. The molecule has 0 unspecified atom stereocenters. The van der Waals surface area contributed by atoms with Crippen LogP contribution in [-0.2, 0) is 0 Å². The average Bonchev–Trinajstić information content (AvgIpc) is 2.51. The van der Waals surface area contributed by atoms with Crippen molar-refractivity contribution in [1.29, 1.82) is 0 Å². The molecule has 0 saturated heterocycles. The predicted octanol–water partition coefficient (Wildman–Crippen LogP) is 2.20. The van der Waals surface area contributed by atoms with Crippen LogP contribution in [0.1, 0.15) is 28.4 Å². The molecule has 2 nitrogen and oxygen atoms in total. The molecule has 0 aliphatic heterocycles. The van der Waals surface area contributed by atoms with E-state index in [0.717, 1.165) is 4.88 Å². The molecular weight excluding hydrogens is 194 g/mol. The van der Waals surface area contributed by atoms with Gasteiger partial charge < -0.3 is 5.32 Å². The summed E-state index contributed by atoms with van der Waals surface area (Å²) in [6.07, 6.45) is 5.28. The molecule has 1 aromatic rings. The molecule has 0 aliphatic carbocycles. The highest BCUT2D eigenvalue weighted by molar-refractivity contribution is 7.13. The maximum atomic E-state index is 11.6. The number of terminal acetylenes is 1. The summed E-state index contributed by atoms with van der Waals surface area (Å²) in [5.74, 6) is 2.42. The van der Waals surface area contributed by atoms with Gasteiger partial charge in [-0.2, -0.15) is 0 Å². The molecule has 0 aromatic carbocycles. The number of carbonyl (C=O) groups is 1. The molecule has 0 saturated carbocycles. The van der Waals surface area contributed by atoms with E-state index in [1.54, 1.807) is 13.8 Å². The Hall–Kier alpha value is -1.27. The Bertz CT molecular complexity index is 384. The number of hydrogen-bond donors (Lipinski definition) is 1. The van der Waals surface area contributed by atoms with Crippen molar-refractivity contribution in [2.75, 3.05) is 0 Å². The van der Waals surface area contributed by atoms with E-state index in [1.165, 1.54) is 11.3 Å². The molecule has 14 heavy (non-hydrogen) atoms. The fraction of sp³-hybridized carbons (Fsp3) is 0.364. The summed E-state index contributed by atoms with van der Waals surface area (Å²) < 4.78 is 0.